The minimum Gasteiger partial charge on any atom is -0.350 e. The summed E-state index contributed by atoms with van der Waals surface area (Å²) in [5.74, 6) is -0.120. The number of rotatable bonds is 4. The Kier molecular flexibility index (Phi) is 3.99. The fourth-order valence-electron chi connectivity index (χ4n) is 2.75. The smallest absolute Gasteiger partial charge is 0.240 e. The number of carbonyl (C=O) groups is 1. The zero-order valence-corrected chi connectivity index (χ0v) is 14.0. The highest BCUT2D eigenvalue weighted by Crippen LogP contribution is 2.13. The van der Waals surface area contributed by atoms with Crippen molar-refractivity contribution in [2.45, 2.75) is 13.1 Å². The van der Waals surface area contributed by atoms with Crippen molar-refractivity contribution in [3.8, 4) is 0 Å². The Morgan fingerprint density at radius 3 is 2.84 bits per heavy atom. The molecule has 0 aliphatic rings. The minimum atomic E-state index is -0.120. The molecule has 25 heavy (non-hydrogen) atoms. The van der Waals surface area contributed by atoms with Gasteiger partial charge in [0.15, 0.2) is 5.43 Å². The first kappa shape index (κ1) is 15.5. The van der Waals surface area contributed by atoms with E-state index in [0.29, 0.717) is 11.9 Å². The number of benzene rings is 2. The second kappa shape index (κ2) is 6.45. The summed E-state index contributed by atoms with van der Waals surface area (Å²) in [6.07, 6.45) is 1.65. The number of hydrogen-bond acceptors (Lipinski definition) is 5. The van der Waals surface area contributed by atoms with Gasteiger partial charge in [0.2, 0.25) is 5.91 Å². The third kappa shape index (κ3) is 3.14. The first-order chi connectivity index (χ1) is 12.2. The summed E-state index contributed by atoms with van der Waals surface area (Å²) in [6.45, 7) is 0.575. The van der Waals surface area contributed by atoms with E-state index in [0.717, 1.165) is 22.1 Å². The molecule has 0 spiro atoms. The number of pyridine rings is 1. The monoisotopic (exact) mass is 350 g/mol. The molecule has 0 radical (unpaired) electrons. The van der Waals surface area contributed by atoms with Crippen molar-refractivity contribution in [3.63, 3.8) is 0 Å². The highest BCUT2D eigenvalue weighted by Gasteiger charge is 2.07. The summed E-state index contributed by atoms with van der Waals surface area (Å²) in [5.41, 5.74) is 3.37. The number of amides is 1. The zero-order valence-electron chi connectivity index (χ0n) is 13.2. The van der Waals surface area contributed by atoms with Crippen LogP contribution in [0.15, 0.2) is 59.5 Å². The van der Waals surface area contributed by atoms with Crippen LogP contribution in [0.3, 0.4) is 0 Å². The summed E-state index contributed by atoms with van der Waals surface area (Å²) in [5, 5.41) is 3.51. The average Bonchev–Trinajstić information content (AvgIpc) is 3.10. The van der Waals surface area contributed by atoms with Crippen LogP contribution in [-0.2, 0) is 17.9 Å². The normalized spacial score (nSPS) is 11.0. The summed E-state index contributed by atoms with van der Waals surface area (Å²) < 4.78 is 10.1. The van der Waals surface area contributed by atoms with Gasteiger partial charge in [-0.25, -0.2) is 0 Å². The zero-order chi connectivity index (χ0) is 17.2. The first-order valence-corrected chi connectivity index (χ1v) is 8.50. The Balaban J connectivity index is 1.49. The number of fused-ring (bicyclic) bond motifs is 2. The lowest BCUT2D eigenvalue weighted by Gasteiger charge is -2.11. The van der Waals surface area contributed by atoms with Crippen LogP contribution in [0.4, 0.5) is 0 Å². The van der Waals surface area contributed by atoms with Gasteiger partial charge in [-0.05, 0) is 29.8 Å². The minimum absolute atomic E-state index is 0.0440. The summed E-state index contributed by atoms with van der Waals surface area (Å²) in [6, 6.07) is 14.5. The predicted octanol–water partition coefficient (Wildman–Crippen LogP) is 2.32. The highest BCUT2D eigenvalue weighted by molar-refractivity contribution is 7.00. The SMILES string of the molecule is O=C(Cn1ccc(=O)c2ccccc21)NCc1ccc2nsnc2c1. The molecule has 1 N–H and O–H groups in total. The molecule has 2 heterocycles. The van der Waals surface area contributed by atoms with Gasteiger partial charge in [0.05, 0.1) is 17.2 Å². The van der Waals surface area contributed by atoms with Crippen LogP contribution < -0.4 is 10.7 Å². The van der Waals surface area contributed by atoms with Crippen LogP contribution >= 0.6 is 11.7 Å². The molecular weight excluding hydrogens is 336 g/mol. The van der Waals surface area contributed by atoms with Gasteiger partial charge in [-0.1, -0.05) is 18.2 Å². The van der Waals surface area contributed by atoms with Gasteiger partial charge in [-0.3, -0.25) is 9.59 Å². The fourth-order valence-corrected chi connectivity index (χ4v) is 3.26. The third-order valence-electron chi connectivity index (χ3n) is 4.01. The lowest BCUT2D eigenvalue weighted by Crippen LogP contribution is -2.27. The van der Waals surface area contributed by atoms with E-state index in [1.807, 2.05) is 36.4 Å². The van der Waals surface area contributed by atoms with E-state index in [2.05, 4.69) is 14.1 Å². The second-order valence-corrected chi connectivity index (χ2v) is 6.22. The number of aromatic nitrogens is 3. The predicted molar refractivity (Wildman–Crippen MR) is 97.5 cm³/mol. The molecule has 0 atom stereocenters. The molecule has 6 nitrogen and oxygen atoms in total. The molecule has 0 bridgehead atoms. The number of nitrogens with one attached hydrogen (secondary N) is 1. The van der Waals surface area contributed by atoms with Crippen molar-refractivity contribution < 1.29 is 4.79 Å². The van der Waals surface area contributed by atoms with E-state index in [4.69, 9.17) is 0 Å². The van der Waals surface area contributed by atoms with Crippen LogP contribution in [-0.4, -0.2) is 19.2 Å². The number of nitrogens with zero attached hydrogens (tertiary/aromatic N) is 3. The van der Waals surface area contributed by atoms with Crippen molar-refractivity contribution in [1.29, 1.82) is 0 Å². The number of para-hydroxylation sites is 1. The first-order valence-electron chi connectivity index (χ1n) is 7.77. The van der Waals surface area contributed by atoms with Gasteiger partial charge in [0.25, 0.3) is 0 Å². The molecular formula is C18H14N4O2S. The fraction of sp³-hybridized carbons (Fsp3) is 0.111. The van der Waals surface area contributed by atoms with Crippen LogP contribution in [0, 0.1) is 0 Å². The van der Waals surface area contributed by atoms with Crippen LogP contribution in [0.2, 0.25) is 0 Å². The molecule has 0 fully saturated rings. The van der Waals surface area contributed by atoms with E-state index in [9.17, 15) is 9.59 Å². The number of hydrogen-bond donors (Lipinski definition) is 1. The largest absolute Gasteiger partial charge is 0.350 e. The van der Waals surface area contributed by atoms with E-state index < -0.39 is 0 Å². The van der Waals surface area contributed by atoms with Gasteiger partial charge in [0.1, 0.15) is 17.6 Å². The standard InChI is InChI=1S/C18H14N4O2S/c23-17-7-8-22(16-4-2-1-3-13(16)17)11-18(24)19-10-12-5-6-14-15(9-12)21-25-20-14/h1-9H,10-11H2,(H,19,24). The van der Waals surface area contributed by atoms with Gasteiger partial charge >= 0.3 is 0 Å². The Morgan fingerprint density at radius 2 is 1.92 bits per heavy atom. The van der Waals surface area contributed by atoms with Crippen molar-refractivity contribution in [1.82, 2.24) is 18.6 Å². The Bertz CT molecular complexity index is 1130. The molecule has 4 aromatic rings. The lowest BCUT2D eigenvalue weighted by atomic mass is 10.2. The molecule has 2 aromatic carbocycles. The molecule has 7 heteroatoms. The molecule has 0 unspecified atom stereocenters. The van der Waals surface area contributed by atoms with Gasteiger partial charge < -0.3 is 9.88 Å². The Morgan fingerprint density at radius 1 is 1.08 bits per heavy atom. The maximum Gasteiger partial charge on any atom is 0.240 e. The summed E-state index contributed by atoms with van der Waals surface area (Å²) >= 11 is 1.17. The highest BCUT2D eigenvalue weighted by atomic mass is 32.1. The molecule has 0 saturated heterocycles. The topological polar surface area (TPSA) is 76.9 Å². The van der Waals surface area contributed by atoms with Crippen molar-refractivity contribution >= 4 is 39.6 Å². The van der Waals surface area contributed by atoms with Crippen LogP contribution in [0.25, 0.3) is 21.9 Å². The molecule has 0 aliphatic carbocycles. The maximum atomic E-state index is 12.3. The quantitative estimate of drug-likeness (QED) is 0.613. The van der Waals surface area contributed by atoms with E-state index >= 15 is 0 Å². The third-order valence-corrected chi connectivity index (χ3v) is 4.56. The molecule has 0 saturated carbocycles. The molecule has 1 amide bonds. The molecule has 2 aromatic heterocycles. The molecule has 4 rings (SSSR count). The Hall–Kier alpha value is -3.06. The van der Waals surface area contributed by atoms with Gasteiger partial charge in [0, 0.05) is 24.2 Å². The lowest BCUT2D eigenvalue weighted by molar-refractivity contribution is -0.121. The van der Waals surface area contributed by atoms with Crippen LogP contribution in [0.5, 0.6) is 0 Å². The molecule has 124 valence electrons. The molecule has 0 aliphatic heterocycles. The Labute approximate surface area is 147 Å². The maximum absolute atomic E-state index is 12.3. The average molecular weight is 350 g/mol. The van der Waals surface area contributed by atoms with E-state index in [1.165, 1.54) is 17.8 Å². The van der Waals surface area contributed by atoms with Crippen LogP contribution in [0.1, 0.15) is 5.56 Å². The van der Waals surface area contributed by atoms with E-state index in [-0.39, 0.29) is 17.9 Å². The van der Waals surface area contributed by atoms with Gasteiger partial charge in [-0.15, -0.1) is 0 Å². The number of carbonyl (C=O) groups excluding carboxylic acids is 1. The van der Waals surface area contributed by atoms with Crippen molar-refractivity contribution in [2.24, 2.45) is 0 Å². The van der Waals surface area contributed by atoms with Gasteiger partial charge in [-0.2, -0.15) is 8.75 Å². The van der Waals surface area contributed by atoms with E-state index in [1.54, 1.807) is 16.8 Å². The summed E-state index contributed by atoms with van der Waals surface area (Å²) in [4.78, 5) is 24.2. The summed E-state index contributed by atoms with van der Waals surface area (Å²) in [7, 11) is 0. The van der Waals surface area contributed by atoms with Crippen molar-refractivity contribution in [3.05, 3.63) is 70.5 Å². The second-order valence-electron chi connectivity index (χ2n) is 5.69. The van der Waals surface area contributed by atoms with Crippen molar-refractivity contribution in [2.75, 3.05) is 0 Å².